The number of benzene rings is 2. The van der Waals surface area contributed by atoms with Crippen molar-refractivity contribution in [1.82, 2.24) is 0 Å². The lowest BCUT2D eigenvalue weighted by Gasteiger charge is -2.13. The third-order valence-corrected chi connectivity index (χ3v) is 4.39. The van der Waals surface area contributed by atoms with Crippen molar-refractivity contribution in [1.29, 1.82) is 0 Å². The number of thioether (sulfide) groups is 1. The average Bonchev–Trinajstić information content (AvgIpc) is 2.99. The van der Waals surface area contributed by atoms with Gasteiger partial charge in [0.1, 0.15) is 5.76 Å². The fourth-order valence-corrected chi connectivity index (χ4v) is 2.85. The topological polar surface area (TPSA) is 34.4 Å². The molecule has 0 aliphatic rings. The number of ether oxygens (including phenoxy) is 1. The Bertz CT molecular complexity index is 764. The smallest absolute Gasteiger partial charge is 0.176 e. The monoisotopic (exact) mass is 313 g/mol. The van der Waals surface area contributed by atoms with Gasteiger partial charge in [-0.25, -0.2) is 0 Å². The molecule has 0 spiro atoms. The van der Waals surface area contributed by atoms with Gasteiger partial charge in [-0.05, 0) is 49.6 Å². The first-order valence-electron chi connectivity index (χ1n) is 7.18. The van der Waals surface area contributed by atoms with Gasteiger partial charge in [-0.1, -0.05) is 12.1 Å². The van der Waals surface area contributed by atoms with Crippen LogP contribution >= 0.6 is 11.8 Å². The Balaban J connectivity index is 1.83. The summed E-state index contributed by atoms with van der Waals surface area (Å²) in [6, 6.07) is 16.5. The number of para-hydroxylation sites is 1. The SMILES string of the molecule is COc1cccc2cc(C(C)Nc3ccc(SC)cc3)oc12. The van der Waals surface area contributed by atoms with Crippen LogP contribution in [0.15, 0.2) is 57.8 Å². The van der Waals surface area contributed by atoms with Gasteiger partial charge in [-0.15, -0.1) is 11.8 Å². The maximum absolute atomic E-state index is 5.98. The van der Waals surface area contributed by atoms with Gasteiger partial charge in [0, 0.05) is 16.0 Å². The molecule has 4 heteroatoms. The number of methoxy groups -OCH3 is 1. The first-order valence-corrected chi connectivity index (χ1v) is 8.41. The summed E-state index contributed by atoms with van der Waals surface area (Å²) in [5.41, 5.74) is 1.88. The van der Waals surface area contributed by atoms with Crippen molar-refractivity contribution < 1.29 is 9.15 Å². The van der Waals surface area contributed by atoms with Gasteiger partial charge < -0.3 is 14.5 Å². The Morgan fingerprint density at radius 1 is 1.14 bits per heavy atom. The van der Waals surface area contributed by atoms with Crippen LogP contribution in [-0.2, 0) is 0 Å². The molecular weight excluding hydrogens is 294 g/mol. The van der Waals surface area contributed by atoms with Gasteiger partial charge in [0.05, 0.1) is 13.2 Å². The summed E-state index contributed by atoms with van der Waals surface area (Å²) in [5, 5.41) is 4.52. The maximum atomic E-state index is 5.98. The molecule has 22 heavy (non-hydrogen) atoms. The number of nitrogens with one attached hydrogen (secondary N) is 1. The predicted octanol–water partition coefficient (Wildman–Crippen LogP) is 5.34. The predicted molar refractivity (Wildman–Crippen MR) is 93.0 cm³/mol. The van der Waals surface area contributed by atoms with Crippen LogP contribution in [0.2, 0.25) is 0 Å². The molecule has 0 fully saturated rings. The van der Waals surface area contributed by atoms with Crippen molar-refractivity contribution >= 4 is 28.4 Å². The fraction of sp³-hybridized carbons (Fsp3) is 0.222. The van der Waals surface area contributed by atoms with E-state index in [4.69, 9.17) is 9.15 Å². The van der Waals surface area contributed by atoms with Crippen molar-refractivity contribution in [3.63, 3.8) is 0 Å². The van der Waals surface area contributed by atoms with E-state index in [1.54, 1.807) is 18.9 Å². The molecule has 0 aliphatic carbocycles. The lowest BCUT2D eigenvalue weighted by molar-refractivity contribution is 0.406. The van der Waals surface area contributed by atoms with Gasteiger partial charge >= 0.3 is 0 Å². The highest BCUT2D eigenvalue weighted by Crippen LogP contribution is 2.32. The Morgan fingerprint density at radius 3 is 2.59 bits per heavy atom. The average molecular weight is 313 g/mol. The van der Waals surface area contributed by atoms with Crippen LogP contribution in [0.3, 0.4) is 0 Å². The first-order chi connectivity index (χ1) is 10.7. The van der Waals surface area contributed by atoms with Gasteiger partial charge in [-0.2, -0.15) is 0 Å². The minimum atomic E-state index is 0.0808. The number of fused-ring (bicyclic) bond motifs is 1. The molecule has 3 nitrogen and oxygen atoms in total. The second-order valence-electron chi connectivity index (χ2n) is 5.12. The minimum absolute atomic E-state index is 0.0808. The number of anilines is 1. The molecule has 0 bridgehead atoms. The molecule has 3 aromatic rings. The second-order valence-corrected chi connectivity index (χ2v) is 6.00. The third kappa shape index (κ3) is 2.92. The summed E-state index contributed by atoms with van der Waals surface area (Å²) in [7, 11) is 1.66. The van der Waals surface area contributed by atoms with Crippen LogP contribution in [0.25, 0.3) is 11.0 Å². The van der Waals surface area contributed by atoms with E-state index < -0.39 is 0 Å². The Hall–Kier alpha value is -2.07. The van der Waals surface area contributed by atoms with Crippen molar-refractivity contribution in [2.45, 2.75) is 17.9 Å². The van der Waals surface area contributed by atoms with Crippen LogP contribution < -0.4 is 10.1 Å². The van der Waals surface area contributed by atoms with E-state index in [1.807, 2.05) is 18.2 Å². The maximum Gasteiger partial charge on any atom is 0.176 e. The molecule has 1 atom stereocenters. The van der Waals surface area contributed by atoms with Crippen molar-refractivity contribution in [2.24, 2.45) is 0 Å². The summed E-state index contributed by atoms with van der Waals surface area (Å²) in [4.78, 5) is 1.26. The molecule has 3 rings (SSSR count). The molecule has 1 heterocycles. The molecule has 0 saturated heterocycles. The van der Waals surface area contributed by atoms with E-state index in [-0.39, 0.29) is 6.04 Å². The number of hydrogen-bond acceptors (Lipinski definition) is 4. The third-order valence-electron chi connectivity index (χ3n) is 3.65. The number of hydrogen-bond donors (Lipinski definition) is 1. The summed E-state index contributed by atoms with van der Waals surface area (Å²) in [6.07, 6.45) is 2.08. The standard InChI is InChI=1S/C18H19NO2S/c1-12(19-14-7-9-15(22-3)10-8-14)17-11-13-5-4-6-16(20-2)18(13)21-17/h4-12,19H,1-3H3. The number of rotatable bonds is 5. The van der Waals surface area contributed by atoms with E-state index >= 15 is 0 Å². The molecule has 1 unspecified atom stereocenters. The fourth-order valence-electron chi connectivity index (χ4n) is 2.44. The molecule has 2 aromatic carbocycles. The van der Waals surface area contributed by atoms with Gasteiger partial charge in [0.15, 0.2) is 11.3 Å². The summed E-state index contributed by atoms with van der Waals surface area (Å²) < 4.78 is 11.3. The zero-order valence-electron chi connectivity index (χ0n) is 12.9. The van der Waals surface area contributed by atoms with Crippen LogP contribution in [0.1, 0.15) is 18.7 Å². The highest BCUT2D eigenvalue weighted by atomic mass is 32.2. The van der Waals surface area contributed by atoms with Crippen LogP contribution in [0.5, 0.6) is 5.75 Å². The highest BCUT2D eigenvalue weighted by Gasteiger charge is 2.14. The molecule has 114 valence electrons. The molecule has 0 amide bonds. The number of furan rings is 1. The molecule has 0 saturated carbocycles. The minimum Gasteiger partial charge on any atom is -0.493 e. The first kappa shape index (κ1) is 14.9. The van der Waals surface area contributed by atoms with Gasteiger partial charge in [0.25, 0.3) is 0 Å². The van der Waals surface area contributed by atoms with E-state index in [0.29, 0.717) is 0 Å². The molecule has 0 radical (unpaired) electrons. The lowest BCUT2D eigenvalue weighted by Crippen LogP contribution is -2.05. The normalized spacial score (nSPS) is 12.3. The van der Waals surface area contributed by atoms with Gasteiger partial charge in [-0.3, -0.25) is 0 Å². The zero-order valence-corrected chi connectivity index (χ0v) is 13.7. The van der Waals surface area contributed by atoms with Crippen LogP contribution in [0, 0.1) is 0 Å². The zero-order chi connectivity index (χ0) is 15.5. The summed E-state index contributed by atoms with van der Waals surface area (Å²) in [6.45, 7) is 2.09. The van der Waals surface area contributed by atoms with E-state index in [2.05, 4.69) is 48.8 Å². The lowest BCUT2D eigenvalue weighted by atomic mass is 10.2. The van der Waals surface area contributed by atoms with E-state index in [0.717, 1.165) is 28.2 Å². The van der Waals surface area contributed by atoms with E-state index in [1.165, 1.54) is 4.90 Å². The van der Waals surface area contributed by atoms with Gasteiger partial charge in [0.2, 0.25) is 0 Å². The summed E-state index contributed by atoms with van der Waals surface area (Å²) in [5.74, 6) is 1.66. The molecular formula is C18H19NO2S. The molecule has 1 aromatic heterocycles. The van der Waals surface area contributed by atoms with Crippen molar-refractivity contribution in [3.8, 4) is 5.75 Å². The quantitative estimate of drug-likeness (QED) is 0.645. The Morgan fingerprint density at radius 2 is 1.91 bits per heavy atom. The highest BCUT2D eigenvalue weighted by molar-refractivity contribution is 7.98. The molecule has 1 N–H and O–H groups in total. The van der Waals surface area contributed by atoms with Crippen LogP contribution in [0.4, 0.5) is 5.69 Å². The van der Waals surface area contributed by atoms with Crippen LogP contribution in [-0.4, -0.2) is 13.4 Å². The van der Waals surface area contributed by atoms with Crippen molar-refractivity contribution in [3.05, 3.63) is 54.3 Å². The second kappa shape index (κ2) is 6.36. The Labute approximate surface area is 134 Å². The van der Waals surface area contributed by atoms with Crippen molar-refractivity contribution in [2.75, 3.05) is 18.7 Å². The Kier molecular flexibility index (Phi) is 4.29. The van der Waals surface area contributed by atoms with E-state index in [9.17, 15) is 0 Å². The molecule has 0 aliphatic heterocycles. The summed E-state index contributed by atoms with van der Waals surface area (Å²) >= 11 is 1.74. The largest absolute Gasteiger partial charge is 0.493 e.